The minimum Gasteiger partial charge on any atom is -0.324 e. The van der Waals surface area contributed by atoms with Crippen LogP contribution in [-0.2, 0) is 39.7 Å². The van der Waals surface area contributed by atoms with Gasteiger partial charge in [0.15, 0.2) is 0 Å². The number of rotatable bonds is 12. The second-order valence-corrected chi connectivity index (χ2v) is 15.9. The van der Waals surface area contributed by atoms with E-state index in [1.807, 2.05) is 19.1 Å². The molecule has 5 aromatic carbocycles. The van der Waals surface area contributed by atoms with Gasteiger partial charge in [0.25, 0.3) is 30.4 Å². The first-order valence-electron chi connectivity index (χ1n) is 14.3. The molecule has 1 heterocycles. The molecule has 0 unspecified atom stereocenters. The van der Waals surface area contributed by atoms with E-state index in [4.69, 9.17) is 5.26 Å². The Kier molecular flexibility index (Phi) is 10.0. The molecule has 0 aliphatic carbocycles. The minimum atomic E-state index is -4.90. The number of hydrogen-bond acceptors (Lipinski definition) is 16. The van der Waals surface area contributed by atoms with E-state index < -0.39 is 45.0 Å². The average molecular weight is 789 g/mol. The highest BCUT2D eigenvalue weighted by molar-refractivity contribution is 7.94. The van der Waals surface area contributed by atoms with Gasteiger partial charge in [-0.15, -0.1) is 4.33 Å². The molecule has 6 aromatic rings. The second-order valence-electron chi connectivity index (χ2n) is 10.9. The monoisotopic (exact) mass is 788 g/mol. The molecule has 0 atom stereocenters. The Morgan fingerprint density at radius 3 is 1.52 bits per heavy atom. The van der Waals surface area contributed by atoms with Crippen LogP contribution in [0.2, 0.25) is 0 Å². The van der Waals surface area contributed by atoms with Crippen LogP contribution < -0.4 is 16.0 Å². The fourth-order valence-electron chi connectivity index (χ4n) is 5.02. The predicted octanol–water partition coefficient (Wildman–Crippen LogP) is 5.89. The minimum absolute atomic E-state index is 0.0204. The topological polar surface area (TPSA) is 277 Å². The normalized spacial score (nSPS) is 12.2. The van der Waals surface area contributed by atoms with Gasteiger partial charge in [-0.1, -0.05) is 34.9 Å². The molecule has 6 rings (SSSR count). The summed E-state index contributed by atoms with van der Waals surface area (Å²) in [5.74, 6) is -0.0185. The first kappa shape index (κ1) is 36.8. The molecule has 0 fully saturated rings. The van der Waals surface area contributed by atoms with Crippen molar-refractivity contribution in [2.45, 2.75) is 26.5 Å². The lowest BCUT2D eigenvalue weighted by Gasteiger charge is -2.13. The standard InChI is InChI=1S/C30H24N6O12S4/c1-16-2-4-19(5-3-16)31-28-34-29(32-20-6-8-24-17(10-20)12-22(49-48-47-37)14-26(24)51(41,42)43)36-30(35-28)33-21-7-9-25-18(11-21)13-23(50(38,39)40)15-27(25)52(44,45)46/h2-15,37H,1H3,(H,38,39,40)(H,41,42,43)(H,44,45,46)(H3,31,32,33,34,35,36). The number of nitrogens with one attached hydrogen (secondary N) is 3. The number of benzene rings is 5. The fraction of sp³-hybridized carbons (Fsp3) is 0.0333. The van der Waals surface area contributed by atoms with E-state index in [0.29, 0.717) is 34.9 Å². The summed E-state index contributed by atoms with van der Waals surface area (Å²) < 4.78 is 106. The zero-order valence-corrected chi connectivity index (χ0v) is 29.4. The molecule has 0 aliphatic rings. The number of fused-ring (bicyclic) bond motifs is 2. The molecule has 0 aliphatic heterocycles. The summed E-state index contributed by atoms with van der Waals surface area (Å²) in [4.78, 5) is 11.5. The van der Waals surface area contributed by atoms with Gasteiger partial charge in [0.1, 0.15) is 9.79 Å². The predicted molar refractivity (Wildman–Crippen MR) is 189 cm³/mol. The van der Waals surface area contributed by atoms with E-state index in [-0.39, 0.29) is 44.6 Å². The van der Waals surface area contributed by atoms with Gasteiger partial charge in [0.2, 0.25) is 17.8 Å². The Labute approximate surface area is 299 Å². The van der Waals surface area contributed by atoms with Crippen LogP contribution in [0.5, 0.6) is 0 Å². The van der Waals surface area contributed by atoms with Crippen molar-refractivity contribution in [3.05, 3.63) is 90.5 Å². The number of hydrogen-bond donors (Lipinski definition) is 7. The smallest absolute Gasteiger partial charge is 0.295 e. The van der Waals surface area contributed by atoms with Crippen LogP contribution in [0.15, 0.2) is 105 Å². The van der Waals surface area contributed by atoms with Crippen LogP contribution in [0.25, 0.3) is 21.5 Å². The Balaban J connectivity index is 1.41. The summed E-state index contributed by atoms with van der Waals surface area (Å²) in [6.07, 6.45) is 0. The Hall–Kier alpha value is -5.01. The van der Waals surface area contributed by atoms with Gasteiger partial charge in [-0.25, -0.2) is 5.26 Å². The van der Waals surface area contributed by atoms with Gasteiger partial charge < -0.3 is 16.0 Å². The third kappa shape index (κ3) is 8.54. The van der Waals surface area contributed by atoms with Gasteiger partial charge in [0, 0.05) is 32.7 Å². The molecule has 0 radical (unpaired) electrons. The first-order chi connectivity index (χ1) is 24.5. The van der Waals surface area contributed by atoms with Crippen molar-refractivity contribution in [2.75, 3.05) is 16.0 Å². The molecule has 0 amide bonds. The van der Waals surface area contributed by atoms with Crippen LogP contribution >= 0.6 is 12.0 Å². The van der Waals surface area contributed by atoms with Crippen molar-refractivity contribution in [1.82, 2.24) is 15.0 Å². The van der Waals surface area contributed by atoms with Crippen molar-refractivity contribution < 1.29 is 53.5 Å². The molecule has 22 heteroatoms. The summed E-state index contributed by atoms with van der Waals surface area (Å²) in [6, 6.07) is 20.1. The van der Waals surface area contributed by atoms with E-state index in [0.717, 1.165) is 17.7 Å². The van der Waals surface area contributed by atoms with Crippen LogP contribution in [-0.4, -0.2) is 59.1 Å². The molecule has 0 saturated carbocycles. The molecule has 52 heavy (non-hydrogen) atoms. The van der Waals surface area contributed by atoms with Crippen molar-refractivity contribution in [3.63, 3.8) is 0 Å². The number of aryl methyl sites for hydroxylation is 1. The number of nitrogens with zero attached hydrogens (tertiary/aromatic N) is 3. The summed E-state index contributed by atoms with van der Waals surface area (Å²) in [5, 5.41) is 21.6. The van der Waals surface area contributed by atoms with E-state index in [1.54, 1.807) is 12.1 Å². The molecule has 7 N–H and O–H groups in total. The van der Waals surface area contributed by atoms with Crippen molar-refractivity contribution in [2.24, 2.45) is 0 Å². The molecule has 0 spiro atoms. The van der Waals surface area contributed by atoms with Gasteiger partial charge in [-0.05, 0) is 78.4 Å². The van der Waals surface area contributed by atoms with Gasteiger partial charge >= 0.3 is 0 Å². The summed E-state index contributed by atoms with van der Waals surface area (Å²) in [7, 11) is -14.4. The summed E-state index contributed by atoms with van der Waals surface area (Å²) in [6.45, 7) is 1.91. The lowest BCUT2D eigenvalue weighted by molar-refractivity contribution is -0.432. The fourth-order valence-corrected chi connectivity index (χ4v) is 7.64. The molecule has 0 saturated heterocycles. The van der Waals surface area contributed by atoms with Crippen LogP contribution in [0.3, 0.4) is 0 Å². The SMILES string of the molecule is Cc1ccc(Nc2nc(Nc3ccc4c(S(=O)(=O)O)cc(SOOO)cc4c3)nc(Nc3ccc4c(S(=O)(=O)O)cc(S(=O)(=O)O)cc4c3)n2)cc1. The molecule has 270 valence electrons. The molecule has 18 nitrogen and oxygen atoms in total. The van der Waals surface area contributed by atoms with Gasteiger partial charge in [0.05, 0.1) is 16.9 Å². The van der Waals surface area contributed by atoms with E-state index in [1.165, 1.54) is 42.5 Å². The maximum Gasteiger partial charge on any atom is 0.295 e. The van der Waals surface area contributed by atoms with Crippen molar-refractivity contribution in [1.29, 1.82) is 0 Å². The highest BCUT2D eigenvalue weighted by atomic mass is 32.2. The van der Waals surface area contributed by atoms with E-state index in [2.05, 4.69) is 40.3 Å². The number of anilines is 6. The largest absolute Gasteiger partial charge is 0.324 e. The van der Waals surface area contributed by atoms with Gasteiger partial charge in [-0.3, -0.25) is 13.7 Å². The average Bonchev–Trinajstić information content (AvgIpc) is 3.06. The van der Waals surface area contributed by atoms with Crippen LogP contribution in [0.4, 0.5) is 34.9 Å². The molecule has 1 aromatic heterocycles. The lowest BCUT2D eigenvalue weighted by atomic mass is 10.1. The zero-order chi connectivity index (χ0) is 37.4. The maximum atomic E-state index is 12.1. The highest BCUT2D eigenvalue weighted by Gasteiger charge is 2.21. The Morgan fingerprint density at radius 1 is 0.577 bits per heavy atom. The third-order valence-corrected chi connectivity index (χ3v) is 10.4. The van der Waals surface area contributed by atoms with Crippen LogP contribution in [0.1, 0.15) is 5.56 Å². The lowest BCUT2D eigenvalue weighted by Crippen LogP contribution is -2.08. The maximum absolute atomic E-state index is 12.1. The second kappa shape index (κ2) is 14.2. The van der Waals surface area contributed by atoms with E-state index in [9.17, 15) is 38.9 Å². The highest BCUT2D eigenvalue weighted by Crippen LogP contribution is 2.34. The van der Waals surface area contributed by atoms with Crippen LogP contribution in [0, 0.1) is 6.92 Å². The number of aromatic nitrogens is 3. The zero-order valence-electron chi connectivity index (χ0n) is 26.1. The molecular formula is C30H24N6O12S4. The summed E-state index contributed by atoms with van der Waals surface area (Å²) >= 11 is 0.484. The molecule has 0 bridgehead atoms. The Bertz CT molecular complexity index is 2700. The molecular weight excluding hydrogens is 765 g/mol. The first-order valence-corrected chi connectivity index (χ1v) is 19.4. The van der Waals surface area contributed by atoms with Crippen molar-refractivity contribution in [3.8, 4) is 0 Å². The third-order valence-electron chi connectivity index (χ3n) is 7.25. The van der Waals surface area contributed by atoms with E-state index >= 15 is 0 Å². The van der Waals surface area contributed by atoms with Gasteiger partial charge in [-0.2, -0.15) is 40.2 Å². The quantitative estimate of drug-likeness (QED) is 0.0330. The summed E-state index contributed by atoms with van der Waals surface area (Å²) in [5.41, 5.74) is 2.22. The Morgan fingerprint density at radius 2 is 1.04 bits per heavy atom. The van der Waals surface area contributed by atoms with Crippen molar-refractivity contribution >= 4 is 98.8 Å².